The molecule has 0 saturated carbocycles. The fourth-order valence-corrected chi connectivity index (χ4v) is 5.38. The zero-order valence-electron chi connectivity index (χ0n) is 22.2. The highest BCUT2D eigenvalue weighted by Crippen LogP contribution is 2.37. The number of methoxy groups -OCH3 is 2. The Labute approximate surface area is 225 Å². The van der Waals surface area contributed by atoms with Gasteiger partial charge in [0.25, 0.3) is 0 Å². The Hall–Kier alpha value is -3.79. The Balaban J connectivity index is 1.36. The van der Waals surface area contributed by atoms with Gasteiger partial charge in [-0.3, -0.25) is 14.3 Å². The van der Waals surface area contributed by atoms with Crippen LogP contribution in [-0.2, 0) is 26.2 Å². The lowest BCUT2D eigenvalue weighted by molar-refractivity contribution is -0.149. The van der Waals surface area contributed by atoms with Crippen LogP contribution >= 0.6 is 0 Å². The number of carbonyl (C=O) groups is 2. The van der Waals surface area contributed by atoms with E-state index >= 15 is 0 Å². The summed E-state index contributed by atoms with van der Waals surface area (Å²) in [5.41, 5.74) is 0.0997. The molecule has 1 fully saturated rings. The van der Waals surface area contributed by atoms with Crippen molar-refractivity contribution in [1.82, 2.24) is 14.5 Å². The summed E-state index contributed by atoms with van der Waals surface area (Å²) in [5.74, 6) is -3.07. The molecule has 8 nitrogen and oxygen atoms in total. The van der Waals surface area contributed by atoms with Gasteiger partial charge in [-0.2, -0.15) is 0 Å². The number of nitrogens with zero attached hydrogens (tertiary/aromatic N) is 2. The maximum absolute atomic E-state index is 13.9. The van der Waals surface area contributed by atoms with Crippen LogP contribution in [0, 0.1) is 11.6 Å². The molecule has 0 aliphatic carbocycles. The second-order valence-corrected chi connectivity index (χ2v) is 9.77. The third-order valence-corrected chi connectivity index (χ3v) is 7.53. The van der Waals surface area contributed by atoms with Crippen LogP contribution in [0.4, 0.5) is 8.78 Å². The van der Waals surface area contributed by atoms with Crippen LogP contribution in [0.3, 0.4) is 0 Å². The molecule has 1 aliphatic heterocycles. The molecule has 208 valence electrons. The van der Waals surface area contributed by atoms with Gasteiger partial charge in [-0.1, -0.05) is 36.8 Å². The first-order valence-electron chi connectivity index (χ1n) is 13.0. The quantitative estimate of drug-likeness (QED) is 0.304. The van der Waals surface area contributed by atoms with Gasteiger partial charge in [0.1, 0.15) is 0 Å². The number of hydrogen-bond donors (Lipinski definition) is 1. The fourth-order valence-electron chi connectivity index (χ4n) is 5.38. The zero-order valence-corrected chi connectivity index (χ0v) is 22.2. The van der Waals surface area contributed by atoms with Crippen molar-refractivity contribution < 1.29 is 27.8 Å². The Morgan fingerprint density at radius 2 is 1.62 bits per heavy atom. The minimum atomic E-state index is -1.08. The first-order chi connectivity index (χ1) is 18.8. The molecular weight excluding hydrogens is 508 g/mol. The van der Waals surface area contributed by atoms with Gasteiger partial charge in [0, 0.05) is 12.1 Å². The van der Waals surface area contributed by atoms with Crippen LogP contribution in [0.15, 0.2) is 53.3 Å². The molecule has 0 spiro atoms. The highest BCUT2D eigenvalue weighted by atomic mass is 19.2. The van der Waals surface area contributed by atoms with Gasteiger partial charge >= 0.3 is 17.6 Å². The van der Waals surface area contributed by atoms with Crippen molar-refractivity contribution in [2.24, 2.45) is 0 Å². The summed E-state index contributed by atoms with van der Waals surface area (Å²) in [5, 5.41) is 0. The molecule has 1 N–H and O–H groups in total. The first kappa shape index (κ1) is 28.2. The normalized spacial score (nSPS) is 15.2. The summed E-state index contributed by atoms with van der Waals surface area (Å²) in [6.45, 7) is 2.67. The lowest BCUT2D eigenvalue weighted by Crippen LogP contribution is -2.48. The first-order valence-corrected chi connectivity index (χ1v) is 13.0. The minimum absolute atomic E-state index is 0.102. The van der Waals surface area contributed by atoms with Gasteiger partial charge in [0.05, 0.1) is 25.3 Å². The molecule has 0 radical (unpaired) electrons. The van der Waals surface area contributed by atoms with Crippen LogP contribution in [-0.4, -0.2) is 60.2 Å². The SMILES string of the molecule is COC(=O)c1[nH]c(=O)n(CCCCCN2CCC(C(=O)OC)(c3ccccc3)CC2)c1-c1ccc(F)c(F)c1. The minimum Gasteiger partial charge on any atom is -0.468 e. The molecule has 0 atom stereocenters. The van der Waals surface area contributed by atoms with E-state index in [4.69, 9.17) is 9.47 Å². The molecule has 1 saturated heterocycles. The van der Waals surface area contributed by atoms with Gasteiger partial charge in [-0.15, -0.1) is 0 Å². The summed E-state index contributed by atoms with van der Waals surface area (Å²) in [6.07, 6.45) is 3.67. The Bertz CT molecular complexity index is 1360. The molecule has 1 aromatic heterocycles. The number of benzene rings is 2. The number of unbranched alkanes of at least 4 members (excludes halogenated alkanes) is 2. The molecule has 2 aromatic carbocycles. The van der Waals surface area contributed by atoms with E-state index in [1.54, 1.807) is 0 Å². The lowest BCUT2D eigenvalue weighted by Gasteiger charge is -2.40. The van der Waals surface area contributed by atoms with Crippen molar-refractivity contribution in [2.45, 2.75) is 44.1 Å². The number of esters is 2. The molecule has 2 heterocycles. The second-order valence-electron chi connectivity index (χ2n) is 9.77. The largest absolute Gasteiger partial charge is 0.468 e. The molecule has 3 aromatic rings. The van der Waals surface area contributed by atoms with Crippen LogP contribution in [0.5, 0.6) is 0 Å². The van der Waals surface area contributed by atoms with Gasteiger partial charge in [-0.25, -0.2) is 18.4 Å². The van der Waals surface area contributed by atoms with Crippen LogP contribution in [0.25, 0.3) is 11.3 Å². The van der Waals surface area contributed by atoms with E-state index in [9.17, 15) is 23.2 Å². The summed E-state index contributed by atoms with van der Waals surface area (Å²) < 4.78 is 38.7. The third-order valence-electron chi connectivity index (χ3n) is 7.53. The van der Waals surface area contributed by atoms with Crippen molar-refractivity contribution in [3.8, 4) is 11.3 Å². The number of piperidine rings is 1. The van der Waals surface area contributed by atoms with Crippen molar-refractivity contribution in [2.75, 3.05) is 33.9 Å². The van der Waals surface area contributed by atoms with Crippen LogP contribution in [0.2, 0.25) is 0 Å². The van der Waals surface area contributed by atoms with Crippen molar-refractivity contribution >= 4 is 11.9 Å². The maximum Gasteiger partial charge on any atom is 0.356 e. The number of likely N-dealkylation sites (tertiary alicyclic amines) is 1. The maximum atomic E-state index is 13.9. The standard InChI is InChI=1S/C29H33F2N3O5/c1-38-26(35)24-25(20-11-12-22(30)23(31)19-20)34(28(37)32-24)16-8-4-7-15-33-17-13-29(14-18-33,27(36)39-2)21-9-5-3-6-10-21/h3,5-6,9-12,19H,4,7-8,13-18H2,1-2H3,(H,32,37). The number of H-pyrrole nitrogens is 1. The van der Waals surface area contributed by atoms with E-state index in [0.29, 0.717) is 25.8 Å². The average Bonchev–Trinajstić information content (AvgIpc) is 3.30. The van der Waals surface area contributed by atoms with Gasteiger partial charge in [-0.05, 0) is 69.1 Å². The smallest absolute Gasteiger partial charge is 0.356 e. The molecule has 39 heavy (non-hydrogen) atoms. The zero-order chi connectivity index (χ0) is 28.0. The number of aromatic amines is 1. The Kier molecular flexibility index (Phi) is 8.96. The number of aromatic nitrogens is 2. The van der Waals surface area contributed by atoms with Crippen LogP contribution in [0.1, 0.15) is 48.2 Å². The summed E-state index contributed by atoms with van der Waals surface area (Å²) in [4.78, 5) is 42.5. The van der Waals surface area contributed by atoms with Crippen molar-refractivity contribution in [1.29, 1.82) is 0 Å². The van der Waals surface area contributed by atoms with Crippen molar-refractivity contribution in [3.63, 3.8) is 0 Å². The molecule has 0 amide bonds. The van der Waals surface area contributed by atoms with Gasteiger partial charge in [0.2, 0.25) is 0 Å². The predicted molar refractivity (Wildman–Crippen MR) is 141 cm³/mol. The molecule has 0 bridgehead atoms. The Morgan fingerprint density at radius 1 is 0.923 bits per heavy atom. The summed E-state index contributed by atoms with van der Waals surface area (Å²) in [6, 6.07) is 13.0. The van der Waals surface area contributed by atoms with E-state index in [1.807, 2.05) is 30.3 Å². The van der Waals surface area contributed by atoms with Gasteiger partial charge in [0.15, 0.2) is 17.3 Å². The van der Waals surface area contributed by atoms with E-state index in [2.05, 4.69) is 9.88 Å². The van der Waals surface area contributed by atoms with E-state index in [0.717, 1.165) is 50.2 Å². The lowest BCUT2D eigenvalue weighted by atomic mass is 9.72. The number of rotatable bonds is 10. The van der Waals surface area contributed by atoms with E-state index in [1.165, 1.54) is 24.9 Å². The number of nitrogens with one attached hydrogen (secondary N) is 1. The molecular formula is C29H33F2N3O5. The van der Waals surface area contributed by atoms with Crippen molar-refractivity contribution in [3.05, 3.63) is 81.9 Å². The highest BCUT2D eigenvalue weighted by Gasteiger charge is 2.43. The predicted octanol–water partition coefficient (Wildman–Crippen LogP) is 4.29. The molecule has 1 aliphatic rings. The van der Waals surface area contributed by atoms with E-state index in [-0.39, 0.29) is 22.9 Å². The van der Waals surface area contributed by atoms with Crippen LogP contribution < -0.4 is 5.69 Å². The highest BCUT2D eigenvalue weighted by molar-refractivity contribution is 5.94. The second kappa shape index (κ2) is 12.4. The number of ether oxygens (including phenoxy) is 2. The third kappa shape index (κ3) is 5.95. The summed E-state index contributed by atoms with van der Waals surface area (Å²) in [7, 11) is 2.62. The van der Waals surface area contributed by atoms with Gasteiger partial charge < -0.3 is 14.4 Å². The molecule has 0 unspecified atom stereocenters. The number of hydrogen-bond acceptors (Lipinski definition) is 6. The molecule has 4 rings (SSSR count). The topological polar surface area (TPSA) is 93.6 Å². The fraction of sp³-hybridized carbons (Fsp3) is 0.414. The van der Waals surface area contributed by atoms with E-state index < -0.39 is 28.7 Å². The number of halogens is 2. The summed E-state index contributed by atoms with van der Waals surface area (Å²) >= 11 is 0. The monoisotopic (exact) mass is 541 g/mol. The number of carbonyl (C=O) groups excluding carboxylic acids is 2. The Morgan fingerprint density at radius 3 is 2.26 bits per heavy atom. The number of imidazole rings is 1. The molecule has 10 heteroatoms. The average molecular weight is 542 g/mol.